The molecule has 0 aromatic rings. The fourth-order valence-electron chi connectivity index (χ4n) is 2.27. The summed E-state index contributed by atoms with van der Waals surface area (Å²) >= 11 is 0. The standard InChI is InChI=1S/C10H17N3O3S/c1-2-13(8-3-6-17(15,16)7-8)10(14)9-11-4-5-12-9/h8H,2-7H2,1H3,(H,11,12). The van der Waals surface area contributed by atoms with E-state index < -0.39 is 9.84 Å². The smallest absolute Gasteiger partial charge is 0.289 e. The van der Waals surface area contributed by atoms with Gasteiger partial charge in [0, 0.05) is 19.1 Å². The van der Waals surface area contributed by atoms with Crippen molar-refractivity contribution in [3.05, 3.63) is 0 Å². The summed E-state index contributed by atoms with van der Waals surface area (Å²) in [6, 6.07) is -0.192. The Morgan fingerprint density at radius 2 is 2.35 bits per heavy atom. The Kier molecular flexibility index (Phi) is 3.37. The lowest BCUT2D eigenvalue weighted by Crippen LogP contribution is -2.47. The minimum absolute atomic E-state index is 0.0832. The first-order chi connectivity index (χ1) is 8.03. The van der Waals surface area contributed by atoms with Gasteiger partial charge < -0.3 is 10.2 Å². The van der Waals surface area contributed by atoms with Gasteiger partial charge in [-0.25, -0.2) is 8.42 Å². The number of hydrogen-bond acceptors (Lipinski definition) is 5. The lowest BCUT2D eigenvalue weighted by atomic mass is 10.2. The minimum Gasteiger partial charge on any atom is -0.364 e. The number of amidine groups is 1. The third-order valence-electron chi connectivity index (χ3n) is 3.13. The molecule has 1 saturated heterocycles. The number of rotatable bonds is 3. The second-order valence-electron chi connectivity index (χ2n) is 4.31. The topological polar surface area (TPSA) is 78.8 Å². The molecule has 0 aromatic heterocycles. The summed E-state index contributed by atoms with van der Waals surface area (Å²) in [6.07, 6.45) is 0.537. The summed E-state index contributed by atoms with van der Waals surface area (Å²) in [6.45, 7) is 3.67. The monoisotopic (exact) mass is 259 g/mol. The van der Waals surface area contributed by atoms with Crippen LogP contribution < -0.4 is 5.32 Å². The van der Waals surface area contributed by atoms with E-state index in [9.17, 15) is 13.2 Å². The number of nitrogens with one attached hydrogen (secondary N) is 1. The van der Waals surface area contributed by atoms with Crippen molar-refractivity contribution in [3.63, 3.8) is 0 Å². The van der Waals surface area contributed by atoms with Crippen LogP contribution in [0.3, 0.4) is 0 Å². The highest BCUT2D eigenvalue weighted by Gasteiger charge is 2.35. The summed E-state index contributed by atoms with van der Waals surface area (Å²) in [4.78, 5) is 17.8. The number of hydrogen-bond donors (Lipinski definition) is 1. The van der Waals surface area contributed by atoms with Crippen molar-refractivity contribution in [1.29, 1.82) is 0 Å². The number of amides is 1. The highest BCUT2D eigenvalue weighted by atomic mass is 32.2. The highest BCUT2D eigenvalue weighted by Crippen LogP contribution is 2.18. The van der Waals surface area contributed by atoms with E-state index in [-0.39, 0.29) is 23.5 Å². The molecule has 2 aliphatic rings. The average Bonchev–Trinajstić information content (AvgIpc) is 2.88. The van der Waals surface area contributed by atoms with Gasteiger partial charge in [-0.15, -0.1) is 0 Å². The Morgan fingerprint density at radius 3 is 2.82 bits per heavy atom. The van der Waals surface area contributed by atoms with Gasteiger partial charge in [-0.05, 0) is 13.3 Å². The number of likely N-dealkylation sites (N-methyl/N-ethyl adjacent to an activating group) is 1. The number of carbonyl (C=O) groups excluding carboxylic acids is 1. The van der Waals surface area contributed by atoms with Crippen LogP contribution in [-0.4, -0.2) is 62.2 Å². The Bertz CT molecular complexity index is 444. The fourth-order valence-corrected chi connectivity index (χ4v) is 4.00. The van der Waals surface area contributed by atoms with E-state index in [1.807, 2.05) is 6.92 Å². The molecule has 0 bridgehead atoms. The zero-order valence-corrected chi connectivity index (χ0v) is 10.7. The van der Waals surface area contributed by atoms with Crippen LogP contribution in [0, 0.1) is 0 Å². The third kappa shape index (κ3) is 2.59. The molecular formula is C10H17N3O3S. The van der Waals surface area contributed by atoms with Crippen LogP contribution in [0.5, 0.6) is 0 Å². The van der Waals surface area contributed by atoms with E-state index in [0.29, 0.717) is 31.9 Å². The van der Waals surface area contributed by atoms with Gasteiger partial charge in [0.15, 0.2) is 15.7 Å². The Morgan fingerprint density at radius 1 is 1.59 bits per heavy atom. The third-order valence-corrected chi connectivity index (χ3v) is 4.88. The van der Waals surface area contributed by atoms with Crippen LogP contribution in [0.1, 0.15) is 13.3 Å². The van der Waals surface area contributed by atoms with Crippen LogP contribution in [0.15, 0.2) is 4.99 Å². The molecule has 0 radical (unpaired) electrons. The van der Waals surface area contributed by atoms with Crippen LogP contribution in [0.4, 0.5) is 0 Å². The van der Waals surface area contributed by atoms with E-state index in [2.05, 4.69) is 10.3 Å². The molecule has 1 unspecified atom stereocenters. The summed E-state index contributed by atoms with van der Waals surface area (Å²) in [5, 5.41) is 2.92. The second-order valence-corrected chi connectivity index (χ2v) is 6.53. The molecule has 1 atom stereocenters. The Balaban J connectivity index is 2.09. The normalized spacial score (nSPS) is 26.4. The van der Waals surface area contributed by atoms with Crippen molar-refractivity contribution in [2.75, 3.05) is 31.1 Å². The van der Waals surface area contributed by atoms with Gasteiger partial charge in [0.05, 0.1) is 18.1 Å². The summed E-state index contributed by atoms with van der Waals surface area (Å²) in [5.41, 5.74) is 0. The number of sulfone groups is 1. The summed E-state index contributed by atoms with van der Waals surface area (Å²) in [5.74, 6) is 0.463. The molecule has 2 heterocycles. The lowest BCUT2D eigenvalue weighted by Gasteiger charge is -2.26. The van der Waals surface area contributed by atoms with Crippen molar-refractivity contribution in [3.8, 4) is 0 Å². The van der Waals surface area contributed by atoms with Crippen LogP contribution in [0.25, 0.3) is 0 Å². The van der Waals surface area contributed by atoms with E-state index in [0.717, 1.165) is 0 Å². The first-order valence-electron chi connectivity index (χ1n) is 5.83. The predicted molar refractivity (Wildman–Crippen MR) is 64.8 cm³/mol. The number of aliphatic imine (C=N–C) groups is 1. The summed E-state index contributed by atoms with van der Waals surface area (Å²) in [7, 11) is -2.96. The van der Waals surface area contributed by atoms with Gasteiger partial charge in [-0.1, -0.05) is 0 Å². The molecule has 0 aromatic carbocycles. The van der Waals surface area contributed by atoms with Crippen molar-refractivity contribution >= 4 is 21.6 Å². The molecule has 2 rings (SSSR count). The molecule has 0 saturated carbocycles. The SMILES string of the molecule is CCN(C(=O)C1=NCCN1)C1CCS(=O)(=O)C1. The van der Waals surface area contributed by atoms with E-state index >= 15 is 0 Å². The summed E-state index contributed by atoms with van der Waals surface area (Å²) < 4.78 is 22.8. The van der Waals surface area contributed by atoms with Crippen LogP contribution >= 0.6 is 0 Å². The molecule has 1 amide bonds. The van der Waals surface area contributed by atoms with Gasteiger partial charge in [-0.2, -0.15) is 0 Å². The molecule has 0 spiro atoms. The van der Waals surface area contributed by atoms with Crippen molar-refractivity contribution in [1.82, 2.24) is 10.2 Å². The molecule has 17 heavy (non-hydrogen) atoms. The average molecular weight is 259 g/mol. The maximum atomic E-state index is 12.1. The molecule has 2 aliphatic heterocycles. The largest absolute Gasteiger partial charge is 0.364 e. The van der Waals surface area contributed by atoms with Crippen LogP contribution in [0.2, 0.25) is 0 Å². The van der Waals surface area contributed by atoms with Crippen LogP contribution in [-0.2, 0) is 14.6 Å². The highest BCUT2D eigenvalue weighted by molar-refractivity contribution is 7.91. The van der Waals surface area contributed by atoms with Gasteiger partial charge in [-0.3, -0.25) is 9.79 Å². The van der Waals surface area contributed by atoms with E-state index in [1.54, 1.807) is 4.90 Å². The molecule has 1 fully saturated rings. The predicted octanol–water partition coefficient (Wildman–Crippen LogP) is -0.976. The van der Waals surface area contributed by atoms with Gasteiger partial charge in [0.2, 0.25) is 0 Å². The van der Waals surface area contributed by atoms with Gasteiger partial charge >= 0.3 is 0 Å². The van der Waals surface area contributed by atoms with Crippen molar-refractivity contribution in [2.45, 2.75) is 19.4 Å². The zero-order valence-electron chi connectivity index (χ0n) is 9.85. The molecule has 1 N–H and O–H groups in total. The van der Waals surface area contributed by atoms with Crippen molar-refractivity contribution in [2.24, 2.45) is 4.99 Å². The first-order valence-corrected chi connectivity index (χ1v) is 7.65. The van der Waals surface area contributed by atoms with E-state index in [1.165, 1.54) is 0 Å². The first kappa shape index (κ1) is 12.3. The molecular weight excluding hydrogens is 242 g/mol. The second kappa shape index (κ2) is 4.64. The molecule has 96 valence electrons. The lowest BCUT2D eigenvalue weighted by molar-refractivity contribution is -0.125. The fraction of sp³-hybridized carbons (Fsp3) is 0.800. The molecule has 0 aliphatic carbocycles. The van der Waals surface area contributed by atoms with Gasteiger partial charge in [0.25, 0.3) is 5.91 Å². The maximum absolute atomic E-state index is 12.1. The Hall–Kier alpha value is -1.11. The zero-order chi connectivity index (χ0) is 12.5. The van der Waals surface area contributed by atoms with E-state index in [4.69, 9.17) is 0 Å². The van der Waals surface area contributed by atoms with Gasteiger partial charge in [0.1, 0.15) is 0 Å². The minimum atomic E-state index is -2.96. The molecule has 7 heteroatoms. The van der Waals surface area contributed by atoms with Crippen molar-refractivity contribution < 1.29 is 13.2 Å². The molecule has 6 nitrogen and oxygen atoms in total. The number of carbonyl (C=O) groups is 1. The maximum Gasteiger partial charge on any atom is 0.289 e. The quantitative estimate of drug-likeness (QED) is 0.707. The number of nitrogens with zero attached hydrogens (tertiary/aromatic N) is 2. The Labute approximate surface area is 101 Å².